The Morgan fingerprint density at radius 3 is 2.29 bits per heavy atom. The second-order valence-corrected chi connectivity index (χ2v) is 6.51. The van der Waals surface area contributed by atoms with Crippen molar-refractivity contribution in [3.05, 3.63) is 29.1 Å². The molecule has 7 heteroatoms. The molecule has 2 aromatic rings. The molecule has 24 heavy (non-hydrogen) atoms. The van der Waals surface area contributed by atoms with Crippen molar-refractivity contribution in [2.24, 2.45) is 0 Å². The molecule has 3 rings (SSSR count). The average Bonchev–Trinajstić information content (AvgIpc) is 2.44. The van der Waals surface area contributed by atoms with Gasteiger partial charge in [-0.05, 0) is 44.9 Å². The number of aryl methyl sites for hydroxylation is 2. The molecule has 0 radical (unpaired) electrons. The first-order valence-electron chi connectivity index (χ1n) is 7.91. The van der Waals surface area contributed by atoms with Crippen molar-refractivity contribution in [3.8, 4) is 0 Å². The molecule has 0 saturated carbocycles. The minimum Gasteiger partial charge on any atom is -0.372 e. The van der Waals surface area contributed by atoms with Crippen LogP contribution in [0.4, 0.5) is 19.0 Å². The SMILES string of the molecule is Cc1cc(C)c2nc(C(F)(F)F)nc(N3C[C@@H](C)O[C@@H](C)C3)c2c1. The van der Waals surface area contributed by atoms with E-state index in [0.29, 0.717) is 35.4 Å². The Hall–Kier alpha value is -1.89. The van der Waals surface area contributed by atoms with Gasteiger partial charge in [0.1, 0.15) is 5.82 Å². The summed E-state index contributed by atoms with van der Waals surface area (Å²) in [5, 5.41) is 0.654. The lowest BCUT2D eigenvalue weighted by Gasteiger charge is -2.36. The molecule has 0 N–H and O–H groups in total. The number of nitrogens with zero attached hydrogens (tertiary/aromatic N) is 3. The van der Waals surface area contributed by atoms with Crippen molar-refractivity contribution in [1.29, 1.82) is 0 Å². The average molecular weight is 339 g/mol. The molecule has 4 nitrogen and oxygen atoms in total. The fourth-order valence-corrected chi connectivity index (χ4v) is 3.29. The number of hydrogen-bond acceptors (Lipinski definition) is 4. The number of ether oxygens (including phenoxy) is 1. The molecule has 2 atom stereocenters. The normalized spacial score (nSPS) is 22.2. The van der Waals surface area contributed by atoms with Crippen LogP contribution < -0.4 is 4.90 Å². The van der Waals surface area contributed by atoms with Crippen LogP contribution >= 0.6 is 0 Å². The quantitative estimate of drug-likeness (QED) is 0.790. The second kappa shape index (κ2) is 5.88. The highest BCUT2D eigenvalue weighted by molar-refractivity contribution is 5.92. The van der Waals surface area contributed by atoms with E-state index >= 15 is 0 Å². The monoisotopic (exact) mass is 339 g/mol. The molecular formula is C17H20F3N3O. The van der Waals surface area contributed by atoms with Gasteiger partial charge in [0.05, 0.1) is 17.7 Å². The zero-order valence-corrected chi connectivity index (χ0v) is 14.1. The summed E-state index contributed by atoms with van der Waals surface area (Å²) in [5.74, 6) is -0.759. The van der Waals surface area contributed by atoms with Gasteiger partial charge in [0.15, 0.2) is 0 Å². The Bertz CT molecular complexity index is 766. The van der Waals surface area contributed by atoms with E-state index in [1.807, 2.05) is 37.8 Å². The van der Waals surface area contributed by atoms with Crippen LogP contribution in [0, 0.1) is 13.8 Å². The topological polar surface area (TPSA) is 38.2 Å². The standard InChI is InChI=1S/C17H20F3N3O/c1-9-5-10(2)14-13(6-9)15(22-16(21-14)17(18,19)20)23-7-11(3)24-12(4)8-23/h5-6,11-12H,7-8H2,1-4H3/t11-,12+. The van der Waals surface area contributed by atoms with Gasteiger partial charge >= 0.3 is 6.18 Å². The number of fused-ring (bicyclic) bond motifs is 1. The minimum atomic E-state index is -4.58. The zero-order chi connectivity index (χ0) is 17.6. The summed E-state index contributed by atoms with van der Waals surface area (Å²) in [6.45, 7) is 8.51. The van der Waals surface area contributed by atoms with Gasteiger partial charge in [-0.25, -0.2) is 9.97 Å². The molecule has 1 aromatic carbocycles. The second-order valence-electron chi connectivity index (χ2n) is 6.51. The zero-order valence-electron chi connectivity index (χ0n) is 14.1. The van der Waals surface area contributed by atoms with Crippen molar-refractivity contribution in [2.75, 3.05) is 18.0 Å². The summed E-state index contributed by atoms with van der Waals surface area (Å²) in [6, 6.07) is 3.69. The molecule has 0 bridgehead atoms. The molecule has 0 aliphatic carbocycles. The highest BCUT2D eigenvalue weighted by Gasteiger charge is 2.37. The van der Waals surface area contributed by atoms with E-state index in [4.69, 9.17) is 4.74 Å². The van der Waals surface area contributed by atoms with Crippen LogP contribution in [0.15, 0.2) is 12.1 Å². The van der Waals surface area contributed by atoms with Gasteiger partial charge in [0, 0.05) is 18.5 Å². The Kier molecular flexibility index (Phi) is 4.15. The maximum Gasteiger partial charge on any atom is 0.451 e. The van der Waals surface area contributed by atoms with Crippen LogP contribution in [0.5, 0.6) is 0 Å². The highest BCUT2D eigenvalue weighted by Crippen LogP contribution is 2.34. The molecule has 1 aliphatic rings. The molecule has 0 amide bonds. The van der Waals surface area contributed by atoms with Crippen LogP contribution in [0.2, 0.25) is 0 Å². The summed E-state index contributed by atoms with van der Waals surface area (Å²) in [4.78, 5) is 9.54. The molecule has 130 valence electrons. The van der Waals surface area contributed by atoms with Gasteiger partial charge in [-0.2, -0.15) is 13.2 Å². The third-order valence-corrected chi connectivity index (χ3v) is 4.09. The van der Waals surface area contributed by atoms with Crippen LogP contribution in [-0.4, -0.2) is 35.3 Å². The number of benzene rings is 1. The van der Waals surface area contributed by atoms with Gasteiger partial charge in [-0.1, -0.05) is 6.07 Å². The van der Waals surface area contributed by atoms with E-state index in [2.05, 4.69) is 9.97 Å². The van der Waals surface area contributed by atoms with Crippen LogP contribution in [0.25, 0.3) is 10.9 Å². The van der Waals surface area contributed by atoms with E-state index in [9.17, 15) is 13.2 Å². The smallest absolute Gasteiger partial charge is 0.372 e. The van der Waals surface area contributed by atoms with Crippen molar-refractivity contribution >= 4 is 16.7 Å². The molecule has 1 aromatic heterocycles. The maximum absolute atomic E-state index is 13.3. The lowest BCUT2D eigenvalue weighted by molar-refractivity contribution is -0.144. The highest BCUT2D eigenvalue weighted by atomic mass is 19.4. The number of hydrogen-bond donors (Lipinski definition) is 0. The fourth-order valence-electron chi connectivity index (χ4n) is 3.29. The van der Waals surface area contributed by atoms with E-state index < -0.39 is 12.0 Å². The molecule has 2 heterocycles. The Balaban J connectivity index is 2.24. The molecule has 1 aliphatic heterocycles. The van der Waals surface area contributed by atoms with Gasteiger partial charge in [-0.3, -0.25) is 0 Å². The van der Waals surface area contributed by atoms with E-state index in [-0.39, 0.29) is 12.2 Å². The van der Waals surface area contributed by atoms with Gasteiger partial charge in [-0.15, -0.1) is 0 Å². The molecule has 1 fully saturated rings. The fraction of sp³-hybridized carbons (Fsp3) is 0.529. The summed E-state index contributed by atoms with van der Waals surface area (Å²) < 4.78 is 45.5. The number of aromatic nitrogens is 2. The third kappa shape index (κ3) is 3.17. The van der Waals surface area contributed by atoms with Crippen molar-refractivity contribution < 1.29 is 17.9 Å². The summed E-state index contributed by atoms with van der Waals surface area (Å²) in [7, 11) is 0. The van der Waals surface area contributed by atoms with Crippen LogP contribution in [-0.2, 0) is 10.9 Å². The summed E-state index contributed by atoms with van der Waals surface area (Å²) in [6.07, 6.45) is -4.72. The lowest BCUT2D eigenvalue weighted by Crippen LogP contribution is -2.46. The molecule has 0 spiro atoms. The van der Waals surface area contributed by atoms with Gasteiger partial charge in [0.2, 0.25) is 5.82 Å². The third-order valence-electron chi connectivity index (χ3n) is 4.09. The molecule has 0 unspecified atom stereocenters. The van der Waals surface area contributed by atoms with E-state index in [1.54, 1.807) is 6.92 Å². The van der Waals surface area contributed by atoms with Gasteiger partial charge in [0.25, 0.3) is 0 Å². The summed E-state index contributed by atoms with van der Waals surface area (Å²) >= 11 is 0. The maximum atomic E-state index is 13.3. The van der Waals surface area contributed by atoms with E-state index in [0.717, 1.165) is 5.56 Å². The molecule has 1 saturated heterocycles. The first kappa shape index (κ1) is 17.0. The Morgan fingerprint density at radius 1 is 1.08 bits per heavy atom. The Labute approximate surface area is 138 Å². The number of anilines is 1. The number of morpholine rings is 1. The lowest BCUT2D eigenvalue weighted by atomic mass is 10.1. The number of rotatable bonds is 1. The Morgan fingerprint density at radius 2 is 1.71 bits per heavy atom. The molecular weight excluding hydrogens is 319 g/mol. The van der Waals surface area contributed by atoms with Gasteiger partial charge < -0.3 is 9.64 Å². The predicted octanol–water partition coefficient (Wildman–Crippen LogP) is 3.88. The van der Waals surface area contributed by atoms with Crippen molar-refractivity contribution in [3.63, 3.8) is 0 Å². The van der Waals surface area contributed by atoms with Crippen molar-refractivity contribution in [2.45, 2.75) is 46.1 Å². The van der Waals surface area contributed by atoms with Crippen LogP contribution in [0.3, 0.4) is 0 Å². The van der Waals surface area contributed by atoms with Crippen molar-refractivity contribution in [1.82, 2.24) is 9.97 Å². The number of alkyl halides is 3. The van der Waals surface area contributed by atoms with E-state index in [1.165, 1.54) is 0 Å². The number of halogens is 3. The minimum absolute atomic E-state index is 0.0704. The first-order valence-corrected chi connectivity index (χ1v) is 7.91. The van der Waals surface area contributed by atoms with Crippen LogP contribution in [0.1, 0.15) is 30.8 Å². The first-order chi connectivity index (χ1) is 11.1. The predicted molar refractivity (Wildman–Crippen MR) is 86.2 cm³/mol. The summed E-state index contributed by atoms with van der Waals surface area (Å²) in [5.41, 5.74) is 2.04. The largest absolute Gasteiger partial charge is 0.451 e.